The third-order valence-electron chi connectivity index (χ3n) is 1.92. The van der Waals surface area contributed by atoms with Crippen LogP contribution in [0.2, 0.25) is 5.02 Å². The Balaban J connectivity index is 2.69. The molecule has 1 rings (SSSR count). The van der Waals surface area contributed by atoms with Crippen LogP contribution in [0, 0.1) is 12.7 Å². The summed E-state index contributed by atoms with van der Waals surface area (Å²) < 4.78 is 13.1. The number of benzene rings is 1. The van der Waals surface area contributed by atoms with Crippen LogP contribution in [0.1, 0.15) is 11.1 Å². The lowest BCUT2D eigenvalue weighted by Gasteiger charge is -2.06. The third-order valence-corrected chi connectivity index (χ3v) is 2.27. The summed E-state index contributed by atoms with van der Waals surface area (Å²) in [4.78, 5) is 10.2. The molecule has 0 bridgehead atoms. The largest absolute Gasteiger partial charge is 0.480 e. The van der Waals surface area contributed by atoms with Crippen LogP contribution in [-0.2, 0) is 11.3 Å². The molecule has 0 spiro atoms. The molecular formula is C10H11ClFNO2. The van der Waals surface area contributed by atoms with Crippen LogP contribution >= 0.6 is 11.6 Å². The molecule has 0 aliphatic carbocycles. The number of hydrogen-bond donors (Lipinski definition) is 2. The molecule has 0 aliphatic heterocycles. The molecule has 0 aromatic heterocycles. The number of halogens is 2. The van der Waals surface area contributed by atoms with Crippen molar-refractivity contribution in [1.82, 2.24) is 5.32 Å². The zero-order valence-corrected chi connectivity index (χ0v) is 8.94. The summed E-state index contributed by atoms with van der Waals surface area (Å²) in [5, 5.41) is 11.5. The number of carbonyl (C=O) groups is 1. The first-order valence-corrected chi connectivity index (χ1v) is 4.75. The lowest BCUT2D eigenvalue weighted by molar-refractivity contribution is -0.135. The Hall–Kier alpha value is -1.13. The molecule has 1 aromatic rings. The van der Waals surface area contributed by atoms with Crippen molar-refractivity contribution >= 4 is 17.6 Å². The predicted octanol–water partition coefficient (Wildman–Crippen LogP) is 1.96. The number of rotatable bonds is 4. The molecule has 15 heavy (non-hydrogen) atoms. The predicted molar refractivity (Wildman–Crippen MR) is 55.5 cm³/mol. The summed E-state index contributed by atoms with van der Waals surface area (Å²) in [5.74, 6) is -1.30. The van der Waals surface area contributed by atoms with Crippen LogP contribution < -0.4 is 5.32 Å². The van der Waals surface area contributed by atoms with Gasteiger partial charge in [0.1, 0.15) is 5.82 Å². The van der Waals surface area contributed by atoms with Gasteiger partial charge in [-0.25, -0.2) is 4.39 Å². The molecule has 0 saturated heterocycles. The fourth-order valence-corrected chi connectivity index (χ4v) is 1.41. The van der Waals surface area contributed by atoms with Crippen molar-refractivity contribution in [2.45, 2.75) is 13.5 Å². The molecule has 0 radical (unpaired) electrons. The molecule has 0 saturated carbocycles. The van der Waals surface area contributed by atoms with Gasteiger partial charge in [-0.1, -0.05) is 11.6 Å². The van der Waals surface area contributed by atoms with E-state index in [0.29, 0.717) is 16.1 Å². The van der Waals surface area contributed by atoms with Gasteiger partial charge in [-0.2, -0.15) is 0 Å². The van der Waals surface area contributed by atoms with Gasteiger partial charge in [-0.15, -0.1) is 0 Å². The van der Waals surface area contributed by atoms with E-state index in [1.54, 1.807) is 6.92 Å². The first-order valence-electron chi connectivity index (χ1n) is 4.37. The maximum atomic E-state index is 13.1. The number of hydrogen-bond acceptors (Lipinski definition) is 2. The Morgan fingerprint density at radius 2 is 2.27 bits per heavy atom. The van der Waals surface area contributed by atoms with Crippen molar-refractivity contribution < 1.29 is 14.3 Å². The Labute approximate surface area is 91.9 Å². The molecule has 0 heterocycles. The zero-order valence-electron chi connectivity index (χ0n) is 8.18. The van der Waals surface area contributed by atoms with Gasteiger partial charge in [0.15, 0.2) is 0 Å². The fraction of sp³-hybridized carbons (Fsp3) is 0.300. The molecule has 0 fully saturated rings. The highest BCUT2D eigenvalue weighted by molar-refractivity contribution is 6.31. The summed E-state index contributed by atoms with van der Waals surface area (Å²) in [6.07, 6.45) is 0. The maximum Gasteiger partial charge on any atom is 0.317 e. The summed E-state index contributed by atoms with van der Waals surface area (Å²) >= 11 is 5.86. The Morgan fingerprint density at radius 3 is 2.87 bits per heavy atom. The molecular weight excluding hydrogens is 221 g/mol. The lowest BCUT2D eigenvalue weighted by atomic mass is 10.1. The van der Waals surface area contributed by atoms with Crippen molar-refractivity contribution in [2.75, 3.05) is 6.54 Å². The average Bonchev–Trinajstić information content (AvgIpc) is 2.13. The quantitative estimate of drug-likeness (QED) is 0.833. The number of aliphatic carboxylic acids is 1. The molecule has 5 heteroatoms. The van der Waals surface area contributed by atoms with E-state index in [4.69, 9.17) is 16.7 Å². The van der Waals surface area contributed by atoms with Crippen LogP contribution in [0.5, 0.6) is 0 Å². The number of carboxylic acid groups (broad SMARTS) is 1. The molecule has 2 N–H and O–H groups in total. The Kier molecular flexibility index (Phi) is 4.05. The second-order valence-corrected chi connectivity index (χ2v) is 3.60. The van der Waals surface area contributed by atoms with E-state index < -0.39 is 5.97 Å². The van der Waals surface area contributed by atoms with Crippen molar-refractivity contribution in [3.8, 4) is 0 Å². The highest BCUT2D eigenvalue weighted by Gasteiger charge is 2.06. The molecule has 0 unspecified atom stereocenters. The van der Waals surface area contributed by atoms with Gasteiger partial charge < -0.3 is 10.4 Å². The van der Waals surface area contributed by atoms with Gasteiger partial charge in [-0.3, -0.25) is 4.79 Å². The van der Waals surface area contributed by atoms with Gasteiger partial charge in [0.25, 0.3) is 0 Å². The minimum Gasteiger partial charge on any atom is -0.480 e. The van der Waals surface area contributed by atoms with E-state index in [0.717, 1.165) is 0 Å². The first-order chi connectivity index (χ1) is 7.00. The van der Waals surface area contributed by atoms with Crippen LogP contribution in [0.4, 0.5) is 4.39 Å². The van der Waals surface area contributed by atoms with Crippen molar-refractivity contribution in [3.63, 3.8) is 0 Å². The minimum atomic E-state index is -0.960. The molecule has 3 nitrogen and oxygen atoms in total. The van der Waals surface area contributed by atoms with Crippen molar-refractivity contribution in [3.05, 3.63) is 34.1 Å². The van der Waals surface area contributed by atoms with Crippen molar-refractivity contribution in [1.29, 1.82) is 0 Å². The van der Waals surface area contributed by atoms with E-state index in [9.17, 15) is 9.18 Å². The van der Waals surface area contributed by atoms with Crippen molar-refractivity contribution in [2.24, 2.45) is 0 Å². The van der Waals surface area contributed by atoms with Crippen LogP contribution in [-0.4, -0.2) is 17.6 Å². The van der Waals surface area contributed by atoms with Gasteiger partial charge >= 0.3 is 5.97 Å². The smallest absolute Gasteiger partial charge is 0.317 e. The van der Waals surface area contributed by atoms with E-state index in [-0.39, 0.29) is 18.9 Å². The minimum absolute atomic E-state index is 0.175. The second-order valence-electron chi connectivity index (χ2n) is 3.19. The molecule has 0 amide bonds. The third kappa shape index (κ3) is 3.49. The average molecular weight is 232 g/mol. The molecule has 0 atom stereocenters. The first kappa shape index (κ1) is 11.9. The van der Waals surface area contributed by atoms with Crippen LogP contribution in [0.25, 0.3) is 0 Å². The summed E-state index contributed by atoms with van der Waals surface area (Å²) in [7, 11) is 0. The second kappa shape index (κ2) is 5.09. The number of aryl methyl sites for hydroxylation is 1. The summed E-state index contributed by atoms with van der Waals surface area (Å²) in [5.41, 5.74) is 1.03. The SMILES string of the molecule is Cc1cc(Cl)c(CNCC(=O)O)cc1F. The monoisotopic (exact) mass is 231 g/mol. The van der Waals surface area contributed by atoms with Crippen LogP contribution in [0.15, 0.2) is 12.1 Å². The fourth-order valence-electron chi connectivity index (χ4n) is 1.13. The van der Waals surface area contributed by atoms with Gasteiger partial charge in [0, 0.05) is 11.6 Å². The molecule has 1 aromatic carbocycles. The van der Waals surface area contributed by atoms with E-state index in [2.05, 4.69) is 5.32 Å². The lowest BCUT2D eigenvalue weighted by Crippen LogP contribution is -2.22. The number of nitrogens with one attached hydrogen (secondary N) is 1. The summed E-state index contributed by atoms with van der Waals surface area (Å²) in [6.45, 7) is 1.68. The van der Waals surface area contributed by atoms with E-state index in [1.807, 2.05) is 0 Å². The van der Waals surface area contributed by atoms with Gasteiger partial charge in [0.05, 0.1) is 6.54 Å². The van der Waals surface area contributed by atoms with Gasteiger partial charge in [0.2, 0.25) is 0 Å². The van der Waals surface area contributed by atoms with E-state index in [1.165, 1.54) is 12.1 Å². The normalized spacial score (nSPS) is 10.3. The Bertz CT molecular complexity index is 382. The highest BCUT2D eigenvalue weighted by Crippen LogP contribution is 2.20. The molecule has 0 aliphatic rings. The summed E-state index contributed by atoms with van der Waals surface area (Å²) in [6, 6.07) is 2.83. The molecule has 82 valence electrons. The van der Waals surface area contributed by atoms with Crippen LogP contribution in [0.3, 0.4) is 0 Å². The maximum absolute atomic E-state index is 13.1. The number of carboxylic acids is 1. The highest BCUT2D eigenvalue weighted by atomic mass is 35.5. The standard InChI is InChI=1S/C10H11ClFNO2/c1-6-2-8(11)7(3-9(6)12)4-13-5-10(14)15/h2-3,13H,4-5H2,1H3,(H,14,15). The van der Waals surface area contributed by atoms with Gasteiger partial charge in [-0.05, 0) is 30.2 Å². The zero-order chi connectivity index (χ0) is 11.4. The topological polar surface area (TPSA) is 49.3 Å². The Morgan fingerprint density at radius 1 is 1.60 bits per heavy atom. The van der Waals surface area contributed by atoms with E-state index >= 15 is 0 Å².